The van der Waals surface area contributed by atoms with Crippen LogP contribution in [0.3, 0.4) is 0 Å². The van der Waals surface area contributed by atoms with Gasteiger partial charge in [-0.15, -0.1) is 6.58 Å². The molecule has 0 radical (unpaired) electrons. The van der Waals surface area contributed by atoms with Crippen molar-refractivity contribution in [3.63, 3.8) is 0 Å². The van der Waals surface area contributed by atoms with Crippen LogP contribution in [0.1, 0.15) is 0 Å². The Morgan fingerprint density at radius 3 is 1.92 bits per heavy atom. The molecule has 0 unspecified atom stereocenters. The van der Waals surface area contributed by atoms with Crippen molar-refractivity contribution in [3.8, 4) is 0 Å². The molecule has 2 fully saturated rings. The summed E-state index contributed by atoms with van der Waals surface area (Å²) in [5.41, 5.74) is 0. The van der Waals surface area contributed by atoms with Crippen LogP contribution in [0.2, 0.25) is 0 Å². The van der Waals surface area contributed by atoms with E-state index in [-0.39, 0.29) is 6.61 Å². The van der Waals surface area contributed by atoms with Crippen molar-refractivity contribution in [1.82, 2.24) is 0 Å². The standard InChI is InChI=1S/C15H26O11/c1-2-3-23-14-12(22)10(20)13(7(5-17)25-14)26-15-11(21)9(19)8(18)6(4-16)24-15/h2,6-22H,1,3-5H2/t6-,7-,8+,9+,10-,11-,12-,13+,14-,15+/m1/s1. The molecule has 0 aromatic rings. The average Bonchev–Trinajstić information content (AvgIpc) is 2.64. The van der Waals surface area contributed by atoms with Crippen molar-refractivity contribution in [1.29, 1.82) is 0 Å². The molecule has 2 aliphatic rings. The number of aliphatic hydroxyl groups excluding tert-OH is 7. The average molecular weight is 382 g/mol. The molecule has 2 aliphatic heterocycles. The maximum atomic E-state index is 10.3. The minimum Gasteiger partial charge on any atom is -0.394 e. The third kappa shape index (κ3) is 4.40. The Morgan fingerprint density at radius 2 is 1.35 bits per heavy atom. The summed E-state index contributed by atoms with van der Waals surface area (Å²) in [5.74, 6) is 0. The van der Waals surface area contributed by atoms with Gasteiger partial charge < -0.3 is 54.7 Å². The first-order valence-electron chi connectivity index (χ1n) is 8.16. The van der Waals surface area contributed by atoms with E-state index in [4.69, 9.17) is 18.9 Å². The molecule has 10 atom stereocenters. The quantitative estimate of drug-likeness (QED) is 0.212. The summed E-state index contributed by atoms with van der Waals surface area (Å²) < 4.78 is 21.1. The first-order valence-corrected chi connectivity index (χ1v) is 8.16. The lowest BCUT2D eigenvalue weighted by molar-refractivity contribution is -0.358. The molecule has 2 heterocycles. The number of ether oxygens (including phenoxy) is 4. The van der Waals surface area contributed by atoms with Gasteiger partial charge in [0.05, 0.1) is 19.8 Å². The van der Waals surface area contributed by atoms with Gasteiger partial charge in [-0.2, -0.15) is 0 Å². The molecule has 26 heavy (non-hydrogen) atoms. The van der Waals surface area contributed by atoms with Crippen LogP contribution in [-0.2, 0) is 18.9 Å². The van der Waals surface area contributed by atoms with Gasteiger partial charge in [-0.3, -0.25) is 0 Å². The van der Waals surface area contributed by atoms with Gasteiger partial charge in [0.2, 0.25) is 0 Å². The van der Waals surface area contributed by atoms with Gasteiger partial charge in [-0.05, 0) is 0 Å². The van der Waals surface area contributed by atoms with Gasteiger partial charge in [0, 0.05) is 0 Å². The summed E-state index contributed by atoms with van der Waals surface area (Å²) in [6.45, 7) is 2.22. The largest absolute Gasteiger partial charge is 0.394 e. The van der Waals surface area contributed by atoms with Crippen molar-refractivity contribution < 1.29 is 54.7 Å². The molecule has 0 bridgehead atoms. The fourth-order valence-electron chi connectivity index (χ4n) is 2.86. The summed E-state index contributed by atoms with van der Waals surface area (Å²) in [7, 11) is 0. The Morgan fingerprint density at radius 1 is 0.769 bits per heavy atom. The molecule has 0 spiro atoms. The van der Waals surface area contributed by atoms with E-state index >= 15 is 0 Å². The van der Waals surface area contributed by atoms with E-state index in [0.717, 1.165) is 0 Å². The number of hydrogen-bond donors (Lipinski definition) is 7. The van der Waals surface area contributed by atoms with Gasteiger partial charge >= 0.3 is 0 Å². The maximum Gasteiger partial charge on any atom is 0.187 e. The van der Waals surface area contributed by atoms with Crippen LogP contribution in [0.4, 0.5) is 0 Å². The highest BCUT2D eigenvalue weighted by molar-refractivity contribution is 4.94. The SMILES string of the molecule is C=CCO[C@@H]1O[C@H](CO)[C@H](O[C@@H]2O[C@H](CO)[C@H](O)[C@H](O)[C@H]2O)[C@H](O)[C@H]1O. The molecule has 0 aromatic carbocycles. The third-order valence-electron chi connectivity index (χ3n) is 4.34. The van der Waals surface area contributed by atoms with Gasteiger partial charge in [0.25, 0.3) is 0 Å². The Balaban J connectivity index is 2.10. The van der Waals surface area contributed by atoms with Crippen molar-refractivity contribution in [3.05, 3.63) is 12.7 Å². The molecule has 11 nitrogen and oxygen atoms in total. The molecule has 0 aliphatic carbocycles. The minimum absolute atomic E-state index is 0.0326. The number of hydrogen-bond acceptors (Lipinski definition) is 11. The van der Waals surface area contributed by atoms with E-state index in [1.807, 2.05) is 0 Å². The zero-order chi connectivity index (χ0) is 19.4. The topological polar surface area (TPSA) is 179 Å². The second-order valence-corrected chi connectivity index (χ2v) is 6.13. The van der Waals surface area contributed by atoms with Crippen LogP contribution >= 0.6 is 0 Å². The lowest BCUT2D eigenvalue weighted by Gasteiger charge is -2.45. The fraction of sp³-hybridized carbons (Fsp3) is 0.867. The molecule has 152 valence electrons. The Hall–Kier alpha value is -0.700. The summed E-state index contributed by atoms with van der Waals surface area (Å²) >= 11 is 0. The second kappa shape index (κ2) is 9.48. The predicted octanol–water partition coefficient (Wildman–Crippen LogP) is -4.19. The monoisotopic (exact) mass is 382 g/mol. The lowest BCUT2D eigenvalue weighted by Crippen LogP contribution is -2.64. The van der Waals surface area contributed by atoms with E-state index in [9.17, 15) is 35.7 Å². The lowest BCUT2D eigenvalue weighted by atomic mass is 9.97. The molecule has 0 amide bonds. The van der Waals surface area contributed by atoms with Gasteiger partial charge in [0.1, 0.15) is 48.8 Å². The Bertz CT molecular complexity index is 445. The van der Waals surface area contributed by atoms with Crippen LogP contribution < -0.4 is 0 Å². The molecular weight excluding hydrogens is 356 g/mol. The first-order chi connectivity index (χ1) is 12.3. The van der Waals surface area contributed by atoms with Crippen LogP contribution in [0.5, 0.6) is 0 Å². The van der Waals surface area contributed by atoms with E-state index in [1.54, 1.807) is 0 Å². The van der Waals surface area contributed by atoms with E-state index < -0.39 is 74.6 Å². The second-order valence-electron chi connectivity index (χ2n) is 6.13. The molecule has 0 aromatic heterocycles. The molecule has 7 N–H and O–H groups in total. The molecular formula is C15H26O11. The normalized spacial score (nSPS) is 46.9. The summed E-state index contributed by atoms with van der Waals surface area (Å²) in [5, 5.41) is 68.6. The fourth-order valence-corrected chi connectivity index (χ4v) is 2.86. The van der Waals surface area contributed by atoms with Crippen molar-refractivity contribution in [2.24, 2.45) is 0 Å². The molecule has 11 heteroatoms. The van der Waals surface area contributed by atoms with Crippen LogP contribution in [-0.4, -0.2) is 117 Å². The van der Waals surface area contributed by atoms with E-state index in [2.05, 4.69) is 6.58 Å². The van der Waals surface area contributed by atoms with Gasteiger partial charge in [-0.1, -0.05) is 6.08 Å². The first kappa shape index (κ1) is 21.6. The van der Waals surface area contributed by atoms with Crippen LogP contribution in [0, 0.1) is 0 Å². The zero-order valence-electron chi connectivity index (χ0n) is 13.9. The smallest absolute Gasteiger partial charge is 0.187 e. The zero-order valence-corrected chi connectivity index (χ0v) is 13.9. The summed E-state index contributed by atoms with van der Waals surface area (Å²) in [6.07, 6.45) is -13.1. The van der Waals surface area contributed by atoms with Gasteiger partial charge in [0.15, 0.2) is 12.6 Å². The minimum atomic E-state index is -1.70. The van der Waals surface area contributed by atoms with Crippen molar-refractivity contribution >= 4 is 0 Å². The predicted molar refractivity (Wildman–Crippen MR) is 82.5 cm³/mol. The van der Waals surface area contributed by atoms with Crippen molar-refractivity contribution in [2.75, 3.05) is 19.8 Å². The highest BCUT2D eigenvalue weighted by Crippen LogP contribution is 2.29. The highest BCUT2D eigenvalue weighted by Gasteiger charge is 2.50. The molecule has 2 saturated heterocycles. The van der Waals surface area contributed by atoms with Crippen LogP contribution in [0.25, 0.3) is 0 Å². The number of aliphatic hydroxyl groups is 7. The highest BCUT2D eigenvalue weighted by atomic mass is 16.7. The maximum absolute atomic E-state index is 10.3. The summed E-state index contributed by atoms with van der Waals surface area (Å²) in [4.78, 5) is 0. The third-order valence-corrected chi connectivity index (χ3v) is 4.34. The van der Waals surface area contributed by atoms with E-state index in [0.29, 0.717) is 0 Å². The van der Waals surface area contributed by atoms with Crippen LogP contribution in [0.15, 0.2) is 12.7 Å². The Kier molecular flexibility index (Phi) is 7.88. The summed E-state index contributed by atoms with van der Waals surface area (Å²) in [6, 6.07) is 0. The van der Waals surface area contributed by atoms with E-state index in [1.165, 1.54) is 6.08 Å². The number of rotatable bonds is 7. The molecule has 0 saturated carbocycles. The van der Waals surface area contributed by atoms with Gasteiger partial charge in [-0.25, -0.2) is 0 Å². The van der Waals surface area contributed by atoms with Crippen molar-refractivity contribution in [2.45, 2.75) is 61.4 Å². The Labute approximate surface area is 149 Å². The molecule has 2 rings (SSSR count).